The molecule has 0 fully saturated rings. The van der Waals surface area contributed by atoms with Gasteiger partial charge in [0.05, 0.1) is 11.3 Å². The zero-order valence-corrected chi connectivity index (χ0v) is 15.6. The van der Waals surface area contributed by atoms with Gasteiger partial charge in [-0.1, -0.05) is 18.2 Å². The van der Waals surface area contributed by atoms with Crippen LogP contribution in [0.5, 0.6) is 0 Å². The van der Waals surface area contributed by atoms with Crippen molar-refractivity contribution < 1.29 is 21.6 Å². The topological polar surface area (TPSA) is 59.1 Å². The first kappa shape index (κ1) is 19.0. The van der Waals surface area contributed by atoms with Gasteiger partial charge in [0.25, 0.3) is 0 Å². The lowest BCUT2D eigenvalue weighted by Gasteiger charge is -2.06. The van der Waals surface area contributed by atoms with Gasteiger partial charge < -0.3 is 0 Å². The van der Waals surface area contributed by atoms with Crippen molar-refractivity contribution >= 4 is 32.7 Å². The molecule has 0 spiro atoms. The van der Waals surface area contributed by atoms with Gasteiger partial charge in [-0.15, -0.1) is 22.7 Å². The first-order valence-corrected chi connectivity index (χ1v) is 10.7. The first-order valence-electron chi connectivity index (χ1n) is 7.41. The van der Waals surface area contributed by atoms with Crippen molar-refractivity contribution in [3.05, 3.63) is 58.4 Å². The fraction of sp³-hybridized carbons (Fsp3) is 0.188. The standard InChI is InChI=1S/C16H13F3N2O2S3/c17-16(18,19)12-5-3-11(4-6-12)15-21-13(10-25-15)7-8-20-26(22,23)14-2-1-9-24-14/h1-6,9-10,20H,7-8H2. The third-order valence-corrected chi connectivity index (χ3v) is 7.24. The first-order chi connectivity index (χ1) is 12.3. The van der Waals surface area contributed by atoms with E-state index in [1.54, 1.807) is 16.8 Å². The highest BCUT2D eigenvalue weighted by atomic mass is 32.2. The monoisotopic (exact) mass is 418 g/mol. The molecule has 138 valence electrons. The Labute approximate surface area is 156 Å². The summed E-state index contributed by atoms with van der Waals surface area (Å²) in [7, 11) is -3.51. The van der Waals surface area contributed by atoms with Gasteiger partial charge in [0.2, 0.25) is 10.0 Å². The highest BCUT2D eigenvalue weighted by Crippen LogP contribution is 2.31. The van der Waals surface area contributed by atoms with Gasteiger partial charge in [-0.05, 0) is 23.6 Å². The van der Waals surface area contributed by atoms with Crippen LogP contribution in [0.3, 0.4) is 0 Å². The summed E-state index contributed by atoms with van der Waals surface area (Å²) in [6.45, 7) is 0.191. The molecule has 0 aliphatic heterocycles. The SMILES string of the molecule is O=S(=O)(NCCc1csc(-c2ccc(C(F)(F)F)cc2)n1)c1cccs1. The predicted octanol–water partition coefficient (Wildman–Crippen LogP) is 4.41. The molecule has 4 nitrogen and oxygen atoms in total. The molecule has 3 rings (SSSR count). The molecule has 2 heterocycles. The van der Waals surface area contributed by atoms with Crippen molar-refractivity contribution in [2.75, 3.05) is 6.54 Å². The summed E-state index contributed by atoms with van der Waals surface area (Å²) in [5.74, 6) is 0. The van der Waals surface area contributed by atoms with Gasteiger partial charge in [0, 0.05) is 23.9 Å². The summed E-state index contributed by atoms with van der Waals surface area (Å²) < 4.78 is 64.6. The number of halogens is 3. The molecule has 26 heavy (non-hydrogen) atoms. The van der Waals surface area contributed by atoms with Gasteiger partial charge in [-0.2, -0.15) is 13.2 Å². The highest BCUT2D eigenvalue weighted by Gasteiger charge is 2.30. The Bertz CT molecular complexity index is 963. The molecule has 0 aliphatic rings. The smallest absolute Gasteiger partial charge is 0.241 e. The number of aromatic nitrogens is 1. The zero-order chi connectivity index (χ0) is 18.8. The molecular weight excluding hydrogens is 405 g/mol. The van der Waals surface area contributed by atoms with Crippen LogP contribution in [0, 0.1) is 0 Å². The normalized spacial score (nSPS) is 12.4. The Balaban J connectivity index is 1.62. The Morgan fingerprint density at radius 3 is 2.42 bits per heavy atom. The largest absolute Gasteiger partial charge is 0.416 e. The lowest BCUT2D eigenvalue weighted by Crippen LogP contribution is -2.25. The number of sulfonamides is 1. The lowest BCUT2D eigenvalue weighted by molar-refractivity contribution is -0.137. The number of benzene rings is 1. The van der Waals surface area contributed by atoms with Crippen LogP contribution in [0.1, 0.15) is 11.3 Å². The number of hydrogen-bond acceptors (Lipinski definition) is 5. The molecule has 0 amide bonds. The van der Waals surface area contributed by atoms with Crippen LogP contribution in [0.4, 0.5) is 13.2 Å². The molecule has 0 saturated heterocycles. The Kier molecular flexibility index (Phi) is 5.47. The van der Waals surface area contributed by atoms with Crippen molar-refractivity contribution in [1.82, 2.24) is 9.71 Å². The molecule has 1 aromatic carbocycles. The summed E-state index contributed by atoms with van der Waals surface area (Å²) in [5, 5.41) is 4.05. The molecule has 0 radical (unpaired) electrons. The second-order valence-corrected chi connectivity index (χ2v) is 9.10. The fourth-order valence-corrected chi connectivity index (χ4v) is 5.09. The van der Waals surface area contributed by atoms with E-state index in [-0.39, 0.29) is 10.8 Å². The Morgan fingerprint density at radius 2 is 1.81 bits per heavy atom. The van der Waals surface area contributed by atoms with Crippen molar-refractivity contribution in [3.8, 4) is 10.6 Å². The summed E-state index contributed by atoms with van der Waals surface area (Å²) in [6, 6.07) is 7.99. The van der Waals surface area contributed by atoms with Crippen molar-refractivity contribution in [1.29, 1.82) is 0 Å². The van der Waals surface area contributed by atoms with Crippen molar-refractivity contribution in [2.45, 2.75) is 16.8 Å². The van der Waals surface area contributed by atoms with E-state index in [1.807, 2.05) is 0 Å². The van der Waals surface area contributed by atoms with Crippen LogP contribution in [-0.2, 0) is 22.6 Å². The maximum atomic E-state index is 12.6. The van der Waals surface area contributed by atoms with Crippen molar-refractivity contribution in [2.24, 2.45) is 0 Å². The number of thiophene rings is 1. The summed E-state index contributed by atoms with van der Waals surface area (Å²) >= 11 is 2.44. The summed E-state index contributed by atoms with van der Waals surface area (Å²) in [6.07, 6.45) is -3.98. The van der Waals surface area contributed by atoms with Gasteiger partial charge in [-0.25, -0.2) is 18.1 Å². The minimum absolute atomic E-state index is 0.191. The second kappa shape index (κ2) is 7.47. The average Bonchev–Trinajstić information content (AvgIpc) is 3.26. The van der Waals surface area contributed by atoms with Gasteiger partial charge in [0.1, 0.15) is 9.22 Å². The van der Waals surface area contributed by atoms with E-state index in [2.05, 4.69) is 9.71 Å². The Morgan fingerprint density at radius 1 is 1.08 bits per heavy atom. The summed E-state index contributed by atoms with van der Waals surface area (Å²) in [4.78, 5) is 4.36. The molecule has 0 unspecified atom stereocenters. The lowest BCUT2D eigenvalue weighted by atomic mass is 10.1. The Hall–Kier alpha value is -1.75. The maximum Gasteiger partial charge on any atom is 0.416 e. The third kappa shape index (κ3) is 4.50. The van der Waals surface area contributed by atoms with E-state index in [0.717, 1.165) is 23.5 Å². The quantitative estimate of drug-likeness (QED) is 0.645. The molecular formula is C16H13F3N2O2S3. The maximum absolute atomic E-state index is 12.6. The number of thiazole rings is 1. The number of hydrogen-bond donors (Lipinski definition) is 1. The van der Waals surface area contributed by atoms with E-state index < -0.39 is 21.8 Å². The van der Waals surface area contributed by atoms with Crippen LogP contribution in [0.2, 0.25) is 0 Å². The van der Waals surface area contributed by atoms with Crippen LogP contribution >= 0.6 is 22.7 Å². The number of nitrogens with zero attached hydrogens (tertiary/aromatic N) is 1. The number of alkyl halides is 3. The predicted molar refractivity (Wildman–Crippen MR) is 95.8 cm³/mol. The minimum Gasteiger partial charge on any atom is -0.241 e. The number of nitrogens with one attached hydrogen (secondary N) is 1. The molecule has 0 atom stereocenters. The average molecular weight is 418 g/mol. The van der Waals surface area contributed by atoms with E-state index in [0.29, 0.717) is 22.7 Å². The molecule has 0 bridgehead atoms. The van der Waals surface area contributed by atoms with E-state index in [1.165, 1.54) is 29.5 Å². The number of rotatable bonds is 6. The van der Waals surface area contributed by atoms with Gasteiger partial charge >= 0.3 is 6.18 Å². The van der Waals surface area contributed by atoms with Gasteiger partial charge in [0.15, 0.2) is 0 Å². The van der Waals surface area contributed by atoms with Crippen molar-refractivity contribution in [3.63, 3.8) is 0 Å². The highest BCUT2D eigenvalue weighted by molar-refractivity contribution is 7.91. The molecule has 1 N–H and O–H groups in total. The van der Waals surface area contributed by atoms with Crippen LogP contribution in [0.25, 0.3) is 10.6 Å². The fourth-order valence-electron chi connectivity index (χ4n) is 2.16. The van der Waals surface area contributed by atoms with E-state index in [9.17, 15) is 21.6 Å². The van der Waals surface area contributed by atoms with Crippen LogP contribution < -0.4 is 4.72 Å². The second-order valence-electron chi connectivity index (χ2n) is 5.30. The molecule has 2 aromatic heterocycles. The van der Waals surface area contributed by atoms with E-state index in [4.69, 9.17) is 0 Å². The molecule has 10 heteroatoms. The van der Waals surface area contributed by atoms with Crippen LogP contribution in [-0.4, -0.2) is 19.9 Å². The minimum atomic E-state index is -4.37. The van der Waals surface area contributed by atoms with Crippen LogP contribution in [0.15, 0.2) is 51.4 Å². The van der Waals surface area contributed by atoms with Gasteiger partial charge in [-0.3, -0.25) is 0 Å². The zero-order valence-electron chi connectivity index (χ0n) is 13.2. The third-order valence-electron chi connectivity index (χ3n) is 3.44. The molecule has 0 saturated carbocycles. The molecule has 3 aromatic rings. The molecule has 0 aliphatic carbocycles. The van der Waals surface area contributed by atoms with E-state index >= 15 is 0 Å². The summed E-state index contributed by atoms with van der Waals surface area (Å²) in [5.41, 5.74) is 0.563.